The van der Waals surface area contributed by atoms with Gasteiger partial charge in [0.2, 0.25) is 5.91 Å². The number of carbonyl (C=O) groups excluding carboxylic acids is 2. The Bertz CT molecular complexity index is 822. The molecule has 1 heterocycles. The van der Waals surface area contributed by atoms with E-state index in [1.165, 1.54) is 0 Å². The van der Waals surface area contributed by atoms with E-state index in [0.29, 0.717) is 24.9 Å². The molecule has 1 aromatic carbocycles. The lowest BCUT2D eigenvalue weighted by molar-refractivity contribution is -0.134. The van der Waals surface area contributed by atoms with Gasteiger partial charge in [-0.3, -0.25) is 9.59 Å². The third-order valence-electron chi connectivity index (χ3n) is 4.93. The van der Waals surface area contributed by atoms with Crippen LogP contribution in [-0.2, 0) is 17.9 Å². The van der Waals surface area contributed by atoms with E-state index >= 15 is 0 Å². The molecule has 0 aliphatic heterocycles. The molecule has 2 aliphatic carbocycles. The molecule has 2 amide bonds. The predicted octanol–water partition coefficient (Wildman–Crippen LogP) is 2.51. The van der Waals surface area contributed by atoms with Crippen molar-refractivity contribution in [3.05, 3.63) is 47.3 Å². The van der Waals surface area contributed by atoms with Gasteiger partial charge < -0.3 is 19.5 Å². The molecule has 7 nitrogen and oxygen atoms in total. The third kappa shape index (κ3) is 4.30. The molecule has 0 bridgehead atoms. The normalized spacial score (nSPS) is 16.0. The highest BCUT2D eigenvalue weighted by Gasteiger charge is 2.40. The molecule has 7 heteroatoms. The Morgan fingerprint density at radius 3 is 2.59 bits per heavy atom. The minimum Gasteiger partial charge on any atom is -0.497 e. The molecule has 1 aromatic heterocycles. The average Bonchev–Trinajstić information content (AvgIpc) is 3.62. The second-order valence-corrected chi connectivity index (χ2v) is 7.18. The van der Waals surface area contributed by atoms with Crippen LogP contribution in [0.25, 0.3) is 0 Å². The highest BCUT2D eigenvalue weighted by atomic mass is 16.5. The third-order valence-corrected chi connectivity index (χ3v) is 4.93. The van der Waals surface area contributed by atoms with Gasteiger partial charge in [0.15, 0.2) is 11.5 Å². The van der Waals surface area contributed by atoms with E-state index in [4.69, 9.17) is 9.26 Å². The molecular weight excluding hydrogens is 346 g/mol. The second kappa shape index (κ2) is 7.42. The van der Waals surface area contributed by atoms with Crippen LogP contribution in [-0.4, -0.2) is 35.0 Å². The molecule has 27 heavy (non-hydrogen) atoms. The summed E-state index contributed by atoms with van der Waals surface area (Å²) in [6.07, 6.45) is 4.05. The summed E-state index contributed by atoms with van der Waals surface area (Å²) in [5, 5.41) is 6.69. The molecule has 2 fully saturated rings. The van der Waals surface area contributed by atoms with Gasteiger partial charge in [-0.1, -0.05) is 17.3 Å². The number of methoxy groups -OCH3 is 1. The number of benzene rings is 1. The van der Waals surface area contributed by atoms with Gasteiger partial charge in [0.25, 0.3) is 5.91 Å². The number of amides is 2. The van der Waals surface area contributed by atoms with Crippen molar-refractivity contribution in [3.8, 4) is 5.75 Å². The zero-order chi connectivity index (χ0) is 18.8. The quantitative estimate of drug-likeness (QED) is 0.773. The Kier molecular flexibility index (Phi) is 4.83. The summed E-state index contributed by atoms with van der Waals surface area (Å²) in [7, 11) is 1.61. The molecule has 0 atom stereocenters. The van der Waals surface area contributed by atoms with Gasteiger partial charge in [0.05, 0.1) is 13.7 Å². The van der Waals surface area contributed by atoms with Crippen LogP contribution in [0.5, 0.6) is 5.75 Å². The molecule has 4 rings (SSSR count). The topological polar surface area (TPSA) is 84.7 Å². The average molecular weight is 369 g/mol. The van der Waals surface area contributed by atoms with E-state index in [9.17, 15) is 9.59 Å². The summed E-state index contributed by atoms with van der Waals surface area (Å²) >= 11 is 0. The van der Waals surface area contributed by atoms with Crippen LogP contribution in [0.4, 0.5) is 0 Å². The maximum Gasteiger partial charge on any atom is 0.273 e. The number of ether oxygens (including phenoxy) is 1. The Balaban J connectivity index is 1.33. The maximum atomic E-state index is 12.4. The van der Waals surface area contributed by atoms with Crippen molar-refractivity contribution < 1.29 is 18.8 Å². The zero-order valence-corrected chi connectivity index (χ0v) is 15.3. The fourth-order valence-corrected chi connectivity index (χ4v) is 3.02. The molecule has 2 aliphatic rings. The minimum atomic E-state index is -0.299. The van der Waals surface area contributed by atoms with Gasteiger partial charge in [-0.15, -0.1) is 0 Å². The van der Waals surface area contributed by atoms with Crippen molar-refractivity contribution in [2.24, 2.45) is 5.92 Å². The van der Waals surface area contributed by atoms with Crippen LogP contribution in [0.1, 0.15) is 47.5 Å². The van der Waals surface area contributed by atoms with Gasteiger partial charge >= 0.3 is 0 Å². The van der Waals surface area contributed by atoms with Gasteiger partial charge in [-0.25, -0.2) is 0 Å². The Labute approximate surface area is 157 Å². The summed E-state index contributed by atoms with van der Waals surface area (Å²) in [4.78, 5) is 26.6. The standard InChI is InChI=1S/C20H23N3O4/c1-26-16-8-2-13(3-9-16)11-21-19(24)18-10-17(27-22-18)12-23(15-6-7-15)20(25)14-4-5-14/h2-3,8-10,14-15H,4-7,11-12H2,1H3,(H,21,24). The van der Waals surface area contributed by atoms with E-state index in [0.717, 1.165) is 37.0 Å². The van der Waals surface area contributed by atoms with Crippen LogP contribution in [0.15, 0.2) is 34.9 Å². The molecule has 0 unspecified atom stereocenters. The van der Waals surface area contributed by atoms with E-state index in [-0.39, 0.29) is 23.4 Å². The number of nitrogens with zero attached hydrogens (tertiary/aromatic N) is 2. The summed E-state index contributed by atoms with van der Waals surface area (Å²) in [5.74, 6) is 1.41. The smallest absolute Gasteiger partial charge is 0.273 e. The number of hydrogen-bond donors (Lipinski definition) is 1. The van der Waals surface area contributed by atoms with Crippen LogP contribution in [0, 0.1) is 5.92 Å². The number of aromatic nitrogens is 1. The van der Waals surface area contributed by atoms with E-state index < -0.39 is 0 Å². The first-order valence-corrected chi connectivity index (χ1v) is 9.31. The van der Waals surface area contributed by atoms with Crippen molar-refractivity contribution >= 4 is 11.8 Å². The van der Waals surface area contributed by atoms with Crippen molar-refractivity contribution in [3.63, 3.8) is 0 Å². The SMILES string of the molecule is COc1ccc(CNC(=O)c2cc(CN(C(=O)C3CC3)C3CC3)on2)cc1. The van der Waals surface area contributed by atoms with Crippen LogP contribution >= 0.6 is 0 Å². The molecule has 2 aromatic rings. The van der Waals surface area contributed by atoms with E-state index in [2.05, 4.69) is 10.5 Å². The fraction of sp³-hybridized carbons (Fsp3) is 0.450. The first kappa shape index (κ1) is 17.6. The maximum absolute atomic E-state index is 12.4. The van der Waals surface area contributed by atoms with Gasteiger partial charge in [0, 0.05) is 24.6 Å². The summed E-state index contributed by atoms with van der Waals surface area (Å²) in [5.41, 5.74) is 1.19. The summed E-state index contributed by atoms with van der Waals surface area (Å²) in [6, 6.07) is 9.42. The fourth-order valence-electron chi connectivity index (χ4n) is 3.02. The van der Waals surface area contributed by atoms with Crippen molar-refractivity contribution in [2.75, 3.05) is 7.11 Å². The van der Waals surface area contributed by atoms with E-state index in [1.807, 2.05) is 29.2 Å². The molecule has 142 valence electrons. The van der Waals surface area contributed by atoms with Crippen molar-refractivity contribution in [1.29, 1.82) is 0 Å². The Hall–Kier alpha value is -2.83. The highest BCUT2D eigenvalue weighted by Crippen LogP contribution is 2.36. The van der Waals surface area contributed by atoms with E-state index in [1.54, 1.807) is 13.2 Å². The minimum absolute atomic E-state index is 0.181. The number of carbonyl (C=O) groups is 2. The first-order chi connectivity index (χ1) is 13.1. The van der Waals surface area contributed by atoms with Gasteiger partial charge in [-0.05, 0) is 43.4 Å². The molecule has 2 saturated carbocycles. The highest BCUT2D eigenvalue weighted by molar-refractivity contribution is 5.92. The van der Waals surface area contributed by atoms with Gasteiger partial charge in [0.1, 0.15) is 5.75 Å². The first-order valence-electron chi connectivity index (χ1n) is 9.31. The summed E-state index contributed by atoms with van der Waals surface area (Å²) < 4.78 is 10.4. The van der Waals surface area contributed by atoms with Crippen molar-refractivity contribution in [2.45, 2.75) is 44.8 Å². The second-order valence-electron chi connectivity index (χ2n) is 7.18. The molecule has 0 saturated heterocycles. The number of nitrogens with one attached hydrogen (secondary N) is 1. The molecular formula is C20H23N3O4. The Morgan fingerprint density at radius 2 is 1.96 bits per heavy atom. The molecule has 1 N–H and O–H groups in total. The van der Waals surface area contributed by atoms with Crippen LogP contribution < -0.4 is 10.1 Å². The largest absolute Gasteiger partial charge is 0.497 e. The van der Waals surface area contributed by atoms with Crippen LogP contribution in [0.3, 0.4) is 0 Å². The lowest BCUT2D eigenvalue weighted by Crippen LogP contribution is -2.33. The van der Waals surface area contributed by atoms with Crippen molar-refractivity contribution in [1.82, 2.24) is 15.4 Å². The summed E-state index contributed by atoms with van der Waals surface area (Å²) in [6.45, 7) is 0.776. The lowest BCUT2D eigenvalue weighted by Gasteiger charge is -2.20. The number of rotatable bonds is 8. The Morgan fingerprint density at radius 1 is 1.22 bits per heavy atom. The molecule has 0 radical (unpaired) electrons. The lowest BCUT2D eigenvalue weighted by atomic mass is 10.2. The predicted molar refractivity (Wildman–Crippen MR) is 97.0 cm³/mol. The molecule has 0 spiro atoms. The van der Waals surface area contributed by atoms with Gasteiger partial charge in [-0.2, -0.15) is 0 Å². The monoisotopic (exact) mass is 369 g/mol. The van der Waals surface area contributed by atoms with Crippen LogP contribution in [0.2, 0.25) is 0 Å². The zero-order valence-electron chi connectivity index (χ0n) is 15.3. The number of hydrogen-bond acceptors (Lipinski definition) is 5.